The van der Waals surface area contributed by atoms with E-state index in [-0.39, 0.29) is 5.91 Å². The Hall–Kier alpha value is -2.44. The molecule has 1 amide bonds. The van der Waals surface area contributed by atoms with Gasteiger partial charge in [-0.25, -0.2) is 0 Å². The monoisotopic (exact) mass is 440 g/mol. The molecule has 0 unspecified atom stereocenters. The van der Waals surface area contributed by atoms with Crippen LogP contribution in [0, 0.1) is 6.92 Å². The number of rotatable bonds is 9. The predicted molar refractivity (Wildman–Crippen MR) is 130 cm³/mol. The third-order valence-electron chi connectivity index (χ3n) is 5.20. The zero-order valence-electron chi connectivity index (χ0n) is 18.6. The number of nitrogens with zero attached hydrogens (tertiary/aromatic N) is 1. The van der Waals surface area contributed by atoms with Crippen molar-refractivity contribution < 1.29 is 14.3 Å². The van der Waals surface area contributed by atoms with E-state index in [1.807, 2.05) is 55.9 Å². The van der Waals surface area contributed by atoms with Crippen molar-refractivity contribution in [2.24, 2.45) is 0 Å². The largest absolute Gasteiger partial charge is 0.490 e. The fourth-order valence-corrected chi connectivity index (χ4v) is 4.49. The lowest BCUT2D eigenvalue weighted by Crippen LogP contribution is -2.32. The summed E-state index contributed by atoms with van der Waals surface area (Å²) in [5, 5.41) is 3.03. The van der Waals surface area contributed by atoms with E-state index in [9.17, 15) is 4.79 Å². The summed E-state index contributed by atoms with van der Waals surface area (Å²) in [6.07, 6.45) is 3.34. The van der Waals surface area contributed by atoms with E-state index in [2.05, 4.69) is 23.2 Å². The summed E-state index contributed by atoms with van der Waals surface area (Å²) in [4.78, 5) is 15.0. The van der Waals surface area contributed by atoms with Crippen LogP contribution in [0.1, 0.15) is 30.5 Å². The fourth-order valence-electron chi connectivity index (χ4n) is 3.51. The van der Waals surface area contributed by atoms with Crippen molar-refractivity contribution in [3.8, 4) is 11.5 Å². The molecule has 1 fully saturated rings. The third-order valence-corrected chi connectivity index (χ3v) is 6.14. The van der Waals surface area contributed by atoms with Crippen LogP contribution in [0.4, 0.5) is 5.69 Å². The molecule has 0 bridgehead atoms. The first kappa shape index (κ1) is 23.2. The Kier molecular flexibility index (Phi) is 8.85. The molecule has 3 rings (SSSR count). The molecule has 0 saturated carbocycles. The summed E-state index contributed by atoms with van der Waals surface area (Å²) >= 11 is 2.01. The molecule has 1 N–H and O–H groups in total. The minimum atomic E-state index is -0.151. The number of hydrogen-bond acceptors (Lipinski definition) is 5. The van der Waals surface area contributed by atoms with Crippen molar-refractivity contribution in [3.05, 3.63) is 59.2 Å². The molecule has 166 valence electrons. The second-order valence-corrected chi connectivity index (χ2v) is 8.60. The molecule has 0 spiro atoms. The van der Waals surface area contributed by atoms with Gasteiger partial charge in [0.25, 0.3) is 0 Å². The van der Waals surface area contributed by atoms with E-state index in [1.165, 1.54) is 17.1 Å². The number of carbonyl (C=O) groups excluding carboxylic acids is 1. The van der Waals surface area contributed by atoms with Crippen molar-refractivity contribution in [2.45, 2.75) is 27.3 Å². The molecule has 2 aromatic carbocycles. The average Bonchev–Trinajstić information content (AvgIpc) is 2.78. The fraction of sp³-hybridized carbons (Fsp3) is 0.400. The summed E-state index contributed by atoms with van der Waals surface area (Å²) in [7, 11) is 0. The van der Waals surface area contributed by atoms with E-state index >= 15 is 0 Å². The minimum absolute atomic E-state index is 0.151. The van der Waals surface area contributed by atoms with Gasteiger partial charge in [0.1, 0.15) is 0 Å². The second kappa shape index (κ2) is 11.8. The lowest BCUT2D eigenvalue weighted by molar-refractivity contribution is -0.111. The molecule has 31 heavy (non-hydrogen) atoms. The number of thioether (sulfide) groups is 1. The number of anilines is 1. The van der Waals surface area contributed by atoms with Crippen LogP contribution in [-0.2, 0) is 11.3 Å². The zero-order valence-corrected chi connectivity index (χ0v) is 19.5. The molecule has 1 saturated heterocycles. The Morgan fingerprint density at radius 2 is 1.84 bits per heavy atom. The van der Waals surface area contributed by atoms with Gasteiger partial charge in [-0.15, -0.1) is 0 Å². The number of hydrogen-bond donors (Lipinski definition) is 1. The van der Waals surface area contributed by atoms with E-state index in [1.54, 1.807) is 12.2 Å². The third kappa shape index (κ3) is 6.77. The van der Waals surface area contributed by atoms with Gasteiger partial charge in [-0.05, 0) is 61.7 Å². The van der Waals surface area contributed by atoms with Crippen molar-refractivity contribution in [1.82, 2.24) is 4.90 Å². The van der Waals surface area contributed by atoms with Gasteiger partial charge in [-0.3, -0.25) is 9.69 Å². The number of carbonyl (C=O) groups is 1. The summed E-state index contributed by atoms with van der Waals surface area (Å²) in [5.74, 6) is 3.63. The van der Waals surface area contributed by atoms with Crippen LogP contribution < -0.4 is 14.8 Å². The first-order valence-electron chi connectivity index (χ1n) is 10.9. The molecule has 1 aliphatic heterocycles. The molecule has 1 aliphatic rings. The standard InChI is InChI=1S/C25H32N2O3S/c1-4-29-23-11-9-20(17-24(23)30-5-2)10-12-25(28)26-22-8-6-7-21(19(22)3)18-27-13-15-31-16-14-27/h6-12,17H,4-5,13-16,18H2,1-3H3,(H,26,28)/b12-10+. The second-order valence-electron chi connectivity index (χ2n) is 7.37. The van der Waals surface area contributed by atoms with Crippen molar-refractivity contribution >= 4 is 29.4 Å². The highest BCUT2D eigenvalue weighted by Crippen LogP contribution is 2.29. The predicted octanol–water partition coefficient (Wildman–Crippen LogP) is 4.99. The molecule has 2 aromatic rings. The molecule has 1 heterocycles. The Morgan fingerprint density at radius 3 is 2.58 bits per heavy atom. The molecule has 0 aliphatic carbocycles. The molecule has 0 atom stereocenters. The normalized spacial score (nSPS) is 14.5. The molecule has 6 heteroatoms. The van der Waals surface area contributed by atoms with Gasteiger partial charge < -0.3 is 14.8 Å². The molecule has 5 nitrogen and oxygen atoms in total. The first-order chi connectivity index (χ1) is 15.1. The quantitative estimate of drug-likeness (QED) is 0.557. The Morgan fingerprint density at radius 1 is 1.10 bits per heavy atom. The van der Waals surface area contributed by atoms with Crippen LogP contribution in [0.25, 0.3) is 6.08 Å². The summed E-state index contributed by atoms with van der Waals surface area (Å²) in [5.41, 5.74) is 4.14. The van der Waals surface area contributed by atoms with Crippen LogP contribution in [0.15, 0.2) is 42.5 Å². The number of ether oxygens (including phenoxy) is 2. The minimum Gasteiger partial charge on any atom is -0.490 e. The van der Waals surface area contributed by atoms with Crippen LogP contribution >= 0.6 is 11.8 Å². The maximum absolute atomic E-state index is 12.6. The highest BCUT2D eigenvalue weighted by molar-refractivity contribution is 7.99. The van der Waals surface area contributed by atoms with E-state index in [0.29, 0.717) is 24.7 Å². The Bertz CT molecular complexity index is 908. The average molecular weight is 441 g/mol. The lowest BCUT2D eigenvalue weighted by atomic mass is 10.1. The molecular formula is C25H32N2O3S. The SMILES string of the molecule is CCOc1ccc(/C=C/C(=O)Nc2cccc(CN3CCSCC3)c2C)cc1OCC. The number of nitrogens with one attached hydrogen (secondary N) is 1. The van der Waals surface area contributed by atoms with Gasteiger partial charge in [-0.1, -0.05) is 18.2 Å². The maximum Gasteiger partial charge on any atom is 0.248 e. The van der Waals surface area contributed by atoms with E-state index in [4.69, 9.17) is 9.47 Å². The van der Waals surface area contributed by atoms with Gasteiger partial charge in [0.15, 0.2) is 11.5 Å². The van der Waals surface area contributed by atoms with Crippen LogP contribution in [0.2, 0.25) is 0 Å². The zero-order chi connectivity index (χ0) is 22.1. The topological polar surface area (TPSA) is 50.8 Å². The van der Waals surface area contributed by atoms with Gasteiger partial charge in [0, 0.05) is 42.9 Å². The van der Waals surface area contributed by atoms with Crippen molar-refractivity contribution in [2.75, 3.05) is 43.1 Å². The van der Waals surface area contributed by atoms with Gasteiger partial charge >= 0.3 is 0 Å². The molecule has 0 radical (unpaired) electrons. The van der Waals surface area contributed by atoms with Crippen LogP contribution in [0.3, 0.4) is 0 Å². The maximum atomic E-state index is 12.6. The number of amides is 1. The molecule has 0 aromatic heterocycles. The number of benzene rings is 2. The van der Waals surface area contributed by atoms with E-state index < -0.39 is 0 Å². The summed E-state index contributed by atoms with van der Waals surface area (Å²) in [6.45, 7) is 10.3. The van der Waals surface area contributed by atoms with Gasteiger partial charge in [0.05, 0.1) is 13.2 Å². The smallest absolute Gasteiger partial charge is 0.248 e. The van der Waals surface area contributed by atoms with E-state index in [0.717, 1.165) is 36.4 Å². The summed E-state index contributed by atoms with van der Waals surface area (Å²) < 4.78 is 11.3. The highest BCUT2D eigenvalue weighted by Gasteiger charge is 2.13. The Balaban J connectivity index is 1.65. The molecular weight excluding hydrogens is 408 g/mol. The van der Waals surface area contributed by atoms with Crippen molar-refractivity contribution in [3.63, 3.8) is 0 Å². The first-order valence-corrected chi connectivity index (χ1v) is 12.0. The summed E-state index contributed by atoms with van der Waals surface area (Å²) in [6, 6.07) is 11.8. The lowest BCUT2D eigenvalue weighted by Gasteiger charge is -2.27. The van der Waals surface area contributed by atoms with Crippen LogP contribution in [-0.4, -0.2) is 48.6 Å². The van der Waals surface area contributed by atoms with Gasteiger partial charge in [-0.2, -0.15) is 11.8 Å². The van der Waals surface area contributed by atoms with Crippen LogP contribution in [0.5, 0.6) is 11.5 Å². The van der Waals surface area contributed by atoms with Gasteiger partial charge in [0.2, 0.25) is 5.91 Å². The highest BCUT2D eigenvalue weighted by atomic mass is 32.2. The Labute approximate surface area is 189 Å². The van der Waals surface area contributed by atoms with Crippen molar-refractivity contribution in [1.29, 1.82) is 0 Å².